The van der Waals surface area contributed by atoms with E-state index in [0.29, 0.717) is 12.8 Å². The molecule has 0 bridgehead atoms. The fraction of sp³-hybridized carbons (Fsp3) is 0.500. The largest absolute Gasteiger partial charge is 0.468 e. The van der Waals surface area contributed by atoms with Gasteiger partial charge in [0.15, 0.2) is 12.4 Å². The minimum absolute atomic E-state index is 0.00214. The minimum atomic E-state index is -4.45. The zero-order chi connectivity index (χ0) is 16.2. The lowest BCUT2D eigenvalue weighted by molar-refractivity contribution is -0.154. The Hall–Kier alpha value is -2.12. The lowest BCUT2D eigenvalue weighted by Crippen LogP contribution is -2.42. The second-order valence-corrected chi connectivity index (χ2v) is 5.03. The number of nitrogens with zero attached hydrogens (tertiary/aromatic N) is 1. The normalized spacial score (nSPS) is 18.9. The Morgan fingerprint density at radius 3 is 2.73 bits per heavy atom. The summed E-state index contributed by atoms with van der Waals surface area (Å²) in [6, 6.07) is 1.99. The van der Waals surface area contributed by atoms with Gasteiger partial charge in [0.2, 0.25) is 5.88 Å². The SMILES string of the molecule is O=C(N[C@H]1CCCCC1=O)c1ccc(OCC(F)(F)F)nc1. The first-order valence-electron chi connectivity index (χ1n) is 6.84. The number of hydrogen-bond donors (Lipinski definition) is 1. The van der Waals surface area contributed by atoms with Crippen LogP contribution < -0.4 is 10.1 Å². The smallest absolute Gasteiger partial charge is 0.422 e. The van der Waals surface area contributed by atoms with Gasteiger partial charge in [-0.25, -0.2) is 4.98 Å². The van der Waals surface area contributed by atoms with Crippen molar-refractivity contribution in [2.45, 2.75) is 37.9 Å². The van der Waals surface area contributed by atoms with Crippen molar-refractivity contribution >= 4 is 11.7 Å². The van der Waals surface area contributed by atoms with Gasteiger partial charge in [0, 0.05) is 18.7 Å². The predicted molar refractivity (Wildman–Crippen MR) is 70.5 cm³/mol. The van der Waals surface area contributed by atoms with Gasteiger partial charge >= 0.3 is 6.18 Å². The highest BCUT2D eigenvalue weighted by Crippen LogP contribution is 2.18. The van der Waals surface area contributed by atoms with Crippen molar-refractivity contribution in [1.82, 2.24) is 10.3 Å². The number of ketones is 1. The van der Waals surface area contributed by atoms with Crippen LogP contribution in [0.5, 0.6) is 5.88 Å². The number of pyridine rings is 1. The van der Waals surface area contributed by atoms with Crippen molar-refractivity contribution in [2.75, 3.05) is 6.61 Å². The fourth-order valence-corrected chi connectivity index (χ4v) is 2.13. The van der Waals surface area contributed by atoms with Crippen molar-refractivity contribution in [2.24, 2.45) is 0 Å². The molecule has 1 amide bonds. The number of rotatable bonds is 4. The zero-order valence-corrected chi connectivity index (χ0v) is 11.7. The van der Waals surface area contributed by atoms with Crippen molar-refractivity contribution in [3.8, 4) is 5.88 Å². The average molecular weight is 316 g/mol. The van der Waals surface area contributed by atoms with E-state index in [1.807, 2.05) is 0 Å². The summed E-state index contributed by atoms with van der Waals surface area (Å²) < 4.78 is 40.4. The Kier molecular flexibility index (Phi) is 4.99. The van der Waals surface area contributed by atoms with Gasteiger partial charge < -0.3 is 10.1 Å². The van der Waals surface area contributed by atoms with Crippen molar-refractivity contribution in [3.05, 3.63) is 23.9 Å². The van der Waals surface area contributed by atoms with Crippen LogP contribution in [0.15, 0.2) is 18.3 Å². The van der Waals surface area contributed by atoms with E-state index in [-0.39, 0.29) is 17.2 Å². The molecule has 0 unspecified atom stereocenters. The lowest BCUT2D eigenvalue weighted by atomic mass is 9.94. The van der Waals surface area contributed by atoms with Gasteiger partial charge in [0.05, 0.1) is 11.6 Å². The van der Waals surface area contributed by atoms with Crippen LogP contribution in [0.4, 0.5) is 13.2 Å². The fourth-order valence-electron chi connectivity index (χ4n) is 2.13. The number of Topliss-reactive ketones (excluding diaryl/α,β-unsaturated/α-hetero) is 1. The zero-order valence-electron chi connectivity index (χ0n) is 11.7. The molecule has 22 heavy (non-hydrogen) atoms. The summed E-state index contributed by atoms with van der Waals surface area (Å²) in [6.07, 6.45) is -0.567. The third kappa shape index (κ3) is 4.71. The maximum Gasteiger partial charge on any atom is 0.422 e. The second kappa shape index (κ2) is 6.76. The first-order chi connectivity index (χ1) is 10.3. The Bertz CT molecular complexity index is 543. The van der Waals surface area contributed by atoms with Crippen LogP contribution in [0, 0.1) is 0 Å². The molecule has 1 N–H and O–H groups in total. The number of aromatic nitrogens is 1. The van der Waals surface area contributed by atoms with E-state index >= 15 is 0 Å². The molecule has 1 atom stereocenters. The molecule has 120 valence electrons. The van der Waals surface area contributed by atoms with Crippen LogP contribution in [-0.2, 0) is 4.79 Å². The van der Waals surface area contributed by atoms with E-state index in [0.717, 1.165) is 19.0 Å². The lowest BCUT2D eigenvalue weighted by Gasteiger charge is -2.21. The number of amides is 1. The van der Waals surface area contributed by atoms with Crippen LogP contribution in [0.1, 0.15) is 36.0 Å². The maximum absolute atomic E-state index is 12.0. The van der Waals surface area contributed by atoms with Crippen LogP contribution >= 0.6 is 0 Å². The Morgan fingerprint density at radius 2 is 2.14 bits per heavy atom. The topological polar surface area (TPSA) is 68.3 Å². The molecule has 1 heterocycles. The first-order valence-corrected chi connectivity index (χ1v) is 6.84. The third-order valence-corrected chi connectivity index (χ3v) is 3.24. The molecule has 0 saturated heterocycles. The monoisotopic (exact) mass is 316 g/mol. The number of ether oxygens (including phenoxy) is 1. The predicted octanol–water partition coefficient (Wildman–Crippen LogP) is 2.26. The molecule has 1 aromatic heterocycles. The van der Waals surface area contributed by atoms with E-state index < -0.39 is 24.7 Å². The molecule has 8 heteroatoms. The molecule has 1 aliphatic carbocycles. The van der Waals surface area contributed by atoms with Gasteiger partial charge in [-0.1, -0.05) is 6.42 Å². The molecule has 1 saturated carbocycles. The quantitative estimate of drug-likeness (QED) is 0.925. The standard InChI is InChI=1S/C14H15F3N2O3/c15-14(16,17)8-22-12-6-5-9(7-18-12)13(21)19-10-3-1-2-4-11(10)20/h5-7,10H,1-4,8H2,(H,19,21)/t10-/m0/s1. The van der Waals surface area contributed by atoms with Crippen molar-refractivity contribution in [1.29, 1.82) is 0 Å². The number of carbonyl (C=O) groups is 2. The third-order valence-electron chi connectivity index (χ3n) is 3.24. The number of alkyl halides is 3. The molecule has 1 fully saturated rings. The van der Waals surface area contributed by atoms with Crippen molar-refractivity contribution < 1.29 is 27.5 Å². The molecule has 1 aliphatic rings. The Balaban J connectivity index is 1.92. The number of nitrogens with one attached hydrogen (secondary N) is 1. The molecule has 0 spiro atoms. The van der Waals surface area contributed by atoms with E-state index in [4.69, 9.17) is 0 Å². The summed E-state index contributed by atoms with van der Waals surface area (Å²) in [6.45, 7) is -1.44. The highest BCUT2D eigenvalue weighted by molar-refractivity contribution is 5.97. The Labute approximate surface area is 124 Å². The van der Waals surface area contributed by atoms with Crippen LogP contribution in [0.2, 0.25) is 0 Å². The van der Waals surface area contributed by atoms with Crippen LogP contribution in [-0.4, -0.2) is 35.5 Å². The molecular formula is C14H15F3N2O3. The molecule has 0 aliphatic heterocycles. The molecule has 0 radical (unpaired) electrons. The Morgan fingerprint density at radius 1 is 1.36 bits per heavy atom. The summed E-state index contributed by atoms with van der Waals surface area (Å²) >= 11 is 0. The molecule has 1 aromatic rings. The van der Waals surface area contributed by atoms with E-state index in [1.165, 1.54) is 12.1 Å². The summed E-state index contributed by atoms with van der Waals surface area (Å²) in [5.41, 5.74) is 0.165. The van der Waals surface area contributed by atoms with Gasteiger partial charge in [-0.05, 0) is 18.9 Å². The van der Waals surface area contributed by atoms with E-state index in [1.54, 1.807) is 0 Å². The van der Waals surface area contributed by atoms with Gasteiger partial charge in [-0.3, -0.25) is 9.59 Å². The summed E-state index contributed by atoms with van der Waals surface area (Å²) in [7, 11) is 0. The molecule has 2 rings (SSSR count). The van der Waals surface area contributed by atoms with Crippen LogP contribution in [0.3, 0.4) is 0 Å². The van der Waals surface area contributed by atoms with E-state index in [9.17, 15) is 22.8 Å². The van der Waals surface area contributed by atoms with Gasteiger partial charge in [-0.15, -0.1) is 0 Å². The summed E-state index contributed by atoms with van der Waals surface area (Å²) in [5, 5.41) is 2.61. The number of halogens is 3. The second-order valence-electron chi connectivity index (χ2n) is 5.03. The summed E-state index contributed by atoms with van der Waals surface area (Å²) in [4.78, 5) is 27.2. The highest BCUT2D eigenvalue weighted by Gasteiger charge is 2.28. The van der Waals surface area contributed by atoms with Gasteiger partial charge in [0.25, 0.3) is 5.91 Å². The minimum Gasteiger partial charge on any atom is -0.468 e. The van der Waals surface area contributed by atoms with Crippen molar-refractivity contribution in [3.63, 3.8) is 0 Å². The average Bonchev–Trinajstić information content (AvgIpc) is 2.47. The first kappa shape index (κ1) is 16.3. The maximum atomic E-state index is 12.0. The van der Waals surface area contributed by atoms with Gasteiger partial charge in [0.1, 0.15) is 0 Å². The molecular weight excluding hydrogens is 301 g/mol. The molecule has 0 aromatic carbocycles. The van der Waals surface area contributed by atoms with E-state index in [2.05, 4.69) is 15.0 Å². The highest BCUT2D eigenvalue weighted by atomic mass is 19.4. The number of hydrogen-bond acceptors (Lipinski definition) is 4. The van der Waals surface area contributed by atoms with Gasteiger partial charge in [-0.2, -0.15) is 13.2 Å². The molecule has 5 nitrogen and oxygen atoms in total. The summed E-state index contributed by atoms with van der Waals surface area (Å²) in [5.74, 6) is -0.699. The number of carbonyl (C=O) groups excluding carboxylic acids is 2. The van der Waals surface area contributed by atoms with Crippen LogP contribution in [0.25, 0.3) is 0 Å².